The van der Waals surface area contributed by atoms with Crippen molar-refractivity contribution in [1.29, 1.82) is 0 Å². The molecule has 0 nitrogen and oxygen atoms in total. The molecule has 0 spiro atoms. The number of alkyl halides is 1. The van der Waals surface area contributed by atoms with E-state index < -0.39 is 0 Å². The lowest BCUT2D eigenvalue weighted by Gasteiger charge is -2.17. The van der Waals surface area contributed by atoms with Gasteiger partial charge in [-0.2, -0.15) is 0 Å². The predicted molar refractivity (Wildman–Crippen MR) is 59.6 cm³/mol. The minimum atomic E-state index is 0.202. The third kappa shape index (κ3) is 2.47. The predicted octanol–water partition coefficient (Wildman–Crippen LogP) is 3.98. The maximum Gasteiger partial charge on any atom is 0.0373 e. The van der Waals surface area contributed by atoms with Crippen LogP contribution in [0.3, 0.4) is 0 Å². The molecule has 0 saturated heterocycles. The molecule has 0 saturated carbocycles. The standard InChI is InChI=1S/C12H17Cl/c1-4-11-7-5-6-8-12(11)9(2)10(3)13/h5-10H,4H2,1-3H3. The number of benzene rings is 1. The van der Waals surface area contributed by atoms with Gasteiger partial charge in [0, 0.05) is 5.38 Å². The minimum Gasteiger partial charge on any atom is -0.123 e. The molecule has 0 N–H and O–H groups in total. The molecule has 0 fully saturated rings. The Hall–Kier alpha value is -0.490. The molecular weight excluding hydrogens is 180 g/mol. The van der Waals surface area contributed by atoms with Crippen LogP contribution in [0, 0.1) is 0 Å². The van der Waals surface area contributed by atoms with E-state index in [1.165, 1.54) is 11.1 Å². The van der Waals surface area contributed by atoms with Gasteiger partial charge < -0.3 is 0 Å². The molecule has 1 aromatic rings. The first-order valence-electron chi connectivity index (χ1n) is 4.88. The van der Waals surface area contributed by atoms with E-state index in [0.29, 0.717) is 5.92 Å². The van der Waals surface area contributed by atoms with Crippen LogP contribution in [-0.4, -0.2) is 5.38 Å². The second-order valence-electron chi connectivity index (χ2n) is 3.52. The second-order valence-corrected chi connectivity index (χ2v) is 4.21. The smallest absolute Gasteiger partial charge is 0.0373 e. The van der Waals surface area contributed by atoms with Crippen molar-refractivity contribution in [3.05, 3.63) is 35.4 Å². The van der Waals surface area contributed by atoms with Gasteiger partial charge in [0.15, 0.2) is 0 Å². The van der Waals surface area contributed by atoms with E-state index in [0.717, 1.165) is 6.42 Å². The van der Waals surface area contributed by atoms with Crippen molar-refractivity contribution in [2.75, 3.05) is 0 Å². The van der Waals surface area contributed by atoms with E-state index in [9.17, 15) is 0 Å². The molecule has 0 aromatic heterocycles. The van der Waals surface area contributed by atoms with Crippen molar-refractivity contribution < 1.29 is 0 Å². The topological polar surface area (TPSA) is 0 Å². The highest BCUT2D eigenvalue weighted by molar-refractivity contribution is 6.20. The van der Waals surface area contributed by atoms with Gasteiger partial charge in [0.1, 0.15) is 0 Å². The van der Waals surface area contributed by atoms with Crippen LogP contribution < -0.4 is 0 Å². The zero-order valence-electron chi connectivity index (χ0n) is 8.55. The lowest BCUT2D eigenvalue weighted by Crippen LogP contribution is -2.07. The van der Waals surface area contributed by atoms with E-state index in [1.54, 1.807) is 0 Å². The maximum absolute atomic E-state index is 6.09. The first-order valence-corrected chi connectivity index (χ1v) is 5.32. The molecule has 2 atom stereocenters. The Kier molecular flexibility index (Phi) is 3.80. The summed E-state index contributed by atoms with van der Waals surface area (Å²) in [5.41, 5.74) is 2.81. The molecule has 0 radical (unpaired) electrons. The van der Waals surface area contributed by atoms with Crippen LogP contribution in [0.5, 0.6) is 0 Å². The summed E-state index contributed by atoms with van der Waals surface area (Å²) in [5.74, 6) is 0.442. The largest absolute Gasteiger partial charge is 0.123 e. The van der Waals surface area contributed by atoms with Crippen molar-refractivity contribution in [3.8, 4) is 0 Å². The van der Waals surface area contributed by atoms with Gasteiger partial charge in [0.2, 0.25) is 0 Å². The average Bonchev–Trinajstić information content (AvgIpc) is 2.16. The molecule has 0 aliphatic heterocycles. The molecular formula is C12H17Cl. The quantitative estimate of drug-likeness (QED) is 0.642. The molecule has 0 aliphatic rings. The number of hydrogen-bond acceptors (Lipinski definition) is 0. The van der Waals surface area contributed by atoms with Crippen molar-refractivity contribution in [3.63, 3.8) is 0 Å². The molecule has 72 valence electrons. The third-order valence-electron chi connectivity index (χ3n) is 2.62. The van der Waals surface area contributed by atoms with Crippen LogP contribution in [0.2, 0.25) is 0 Å². The van der Waals surface area contributed by atoms with E-state index >= 15 is 0 Å². The monoisotopic (exact) mass is 196 g/mol. The number of halogens is 1. The Morgan fingerprint density at radius 3 is 2.38 bits per heavy atom. The van der Waals surface area contributed by atoms with Crippen LogP contribution >= 0.6 is 11.6 Å². The molecule has 13 heavy (non-hydrogen) atoms. The van der Waals surface area contributed by atoms with Crippen molar-refractivity contribution in [2.45, 2.75) is 38.5 Å². The Morgan fingerprint density at radius 1 is 1.23 bits per heavy atom. The molecule has 1 rings (SSSR count). The molecule has 0 bridgehead atoms. The van der Waals surface area contributed by atoms with Crippen LogP contribution in [0.15, 0.2) is 24.3 Å². The summed E-state index contributed by atoms with van der Waals surface area (Å²) in [6, 6.07) is 8.55. The number of hydrogen-bond donors (Lipinski definition) is 0. The Bertz CT molecular complexity index is 266. The van der Waals surface area contributed by atoms with Gasteiger partial charge in [0.25, 0.3) is 0 Å². The molecule has 0 heterocycles. The van der Waals surface area contributed by atoms with Gasteiger partial charge in [-0.1, -0.05) is 38.1 Å². The van der Waals surface area contributed by atoms with Crippen LogP contribution in [0.4, 0.5) is 0 Å². The van der Waals surface area contributed by atoms with Crippen molar-refractivity contribution >= 4 is 11.6 Å². The van der Waals surface area contributed by atoms with Crippen molar-refractivity contribution in [1.82, 2.24) is 0 Å². The Balaban J connectivity index is 2.98. The minimum absolute atomic E-state index is 0.202. The molecule has 1 heteroatoms. The summed E-state index contributed by atoms with van der Waals surface area (Å²) in [4.78, 5) is 0. The summed E-state index contributed by atoms with van der Waals surface area (Å²) >= 11 is 6.09. The fourth-order valence-corrected chi connectivity index (χ4v) is 1.68. The highest BCUT2D eigenvalue weighted by Gasteiger charge is 2.13. The lowest BCUT2D eigenvalue weighted by molar-refractivity contribution is 0.732. The summed E-state index contributed by atoms with van der Waals surface area (Å²) in [7, 11) is 0. The molecule has 2 unspecified atom stereocenters. The lowest BCUT2D eigenvalue weighted by atomic mass is 9.92. The first kappa shape index (κ1) is 10.6. The van der Waals surface area contributed by atoms with Crippen LogP contribution in [0.25, 0.3) is 0 Å². The first-order chi connectivity index (χ1) is 6.16. The normalized spacial score (nSPS) is 15.4. The van der Waals surface area contributed by atoms with E-state index in [-0.39, 0.29) is 5.38 Å². The second kappa shape index (κ2) is 4.66. The van der Waals surface area contributed by atoms with Gasteiger partial charge in [-0.3, -0.25) is 0 Å². The van der Waals surface area contributed by atoms with E-state index in [1.807, 2.05) is 0 Å². The zero-order valence-corrected chi connectivity index (χ0v) is 9.31. The SMILES string of the molecule is CCc1ccccc1C(C)C(C)Cl. The summed E-state index contributed by atoms with van der Waals surface area (Å²) in [5, 5.41) is 0.202. The zero-order chi connectivity index (χ0) is 9.84. The van der Waals surface area contributed by atoms with Gasteiger partial charge in [-0.25, -0.2) is 0 Å². The summed E-state index contributed by atoms with van der Waals surface area (Å²) < 4.78 is 0. The summed E-state index contributed by atoms with van der Waals surface area (Å²) in [6.07, 6.45) is 1.09. The van der Waals surface area contributed by atoms with Gasteiger partial charge in [0.05, 0.1) is 0 Å². The highest BCUT2D eigenvalue weighted by Crippen LogP contribution is 2.26. The average molecular weight is 197 g/mol. The number of aryl methyl sites for hydroxylation is 1. The molecule has 1 aromatic carbocycles. The van der Waals surface area contributed by atoms with Crippen LogP contribution in [-0.2, 0) is 6.42 Å². The van der Waals surface area contributed by atoms with Gasteiger partial charge in [-0.05, 0) is 30.4 Å². The molecule has 0 amide bonds. The van der Waals surface area contributed by atoms with Crippen molar-refractivity contribution in [2.24, 2.45) is 0 Å². The van der Waals surface area contributed by atoms with Gasteiger partial charge >= 0.3 is 0 Å². The third-order valence-corrected chi connectivity index (χ3v) is 2.99. The molecule has 0 aliphatic carbocycles. The maximum atomic E-state index is 6.09. The Labute approximate surface area is 85.9 Å². The van der Waals surface area contributed by atoms with Crippen LogP contribution in [0.1, 0.15) is 37.8 Å². The van der Waals surface area contributed by atoms with Gasteiger partial charge in [-0.15, -0.1) is 11.6 Å². The number of rotatable bonds is 3. The fraction of sp³-hybridized carbons (Fsp3) is 0.500. The van der Waals surface area contributed by atoms with E-state index in [2.05, 4.69) is 45.0 Å². The van der Waals surface area contributed by atoms with E-state index in [4.69, 9.17) is 11.6 Å². The Morgan fingerprint density at radius 2 is 1.85 bits per heavy atom. The fourth-order valence-electron chi connectivity index (χ4n) is 1.55. The summed E-state index contributed by atoms with van der Waals surface area (Å²) in [6.45, 7) is 6.43. The highest BCUT2D eigenvalue weighted by atomic mass is 35.5.